The Kier molecular flexibility index (Phi) is 4.22. The van der Waals surface area contributed by atoms with E-state index in [0.717, 1.165) is 9.35 Å². The molecule has 0 spiro atoms. The average molecular weight is 362 g/mol. The van der Waals surface area contributed by atoms with Crippen LogP contribution in [0.4, 0.5) is 0 Å². The summed E-state index contributed by atoms with van der Waals surface area (Å²) >= 11 is 4.77. The van der Waals surface area contributed by atoms with Crippen molar-refractivity contribution >= 4 is 39.1 Å². The quantitative estimate of drug-likeness (QED) is 0.879. The van der Waals surface area contributed by atoms with Crippen LogP contribution in [-0.2, 0) is 14.3 Å². The van der Waals surface area contributed by atoms with Crippen molar-refractivity contribution in [3.63, 3.8) is 0 Å². The fraction of sp³-hybridized carbons (Fsp3) is 0.538. The molecule has 1 fully saturated rings. The average Bonchev–Trinajstić information content (AvgIpc) is 2.73. The van der Waals surface area contributed by atoms with Crippen LogP contribution in [0.5, 0.6) is 0 Å². The highest BCUT2D eigenvalue weighted by atomic mass is 79.9. The Morgan fingerprint density at radius 2 is 2.20 bits per heavy atom. The molecular formula is C13H16BrNO4S. The lowest BCUT2D eigenvalue weighted by molar-refractivity contribution is -0.179. The zero-order chi connectivity index (χ0) is 15.1. The van der Waals surface area contributed by atoms with Crippen molar-refractivity contribution in [2.75, 3.05) is 6.61 Å². The van der Waals surface area contributed by atoms with E-state index in [1.165, 1.54) is 11.3 Å². The number of halogens is 1. The van der Waals surface area contributed by atoms with Crippen molar-refractivity contribution in [2.45, 2.75) is 38.5 Å². The third-order valence-electron chi connectivity index (χ3n) is 3.07. The van der Waals surface area contributed by atoms with Gasteiger partial charge in [0.25, 0.3) is 0 Å². The van der Waals surface area contributed by atoms with Crippen LogP contribution in [0.1, 0.15) is 31.7 Å². The molecule has 1 N–H and O–H groups in total. The van der Waals surface area contributed by atoms with Crippen molar-refractivity contribution < 1.29 is 19.4 Å². The number of hydrogen-bond acceptors (Lipinski definition) is 4. The Labute approximate surface area is 129 Å². The van der Waals surface area contributed by atoms with Gasteiger partial charge in [0.15, 0.2) is 6.10 Å². The first kappa shape index (κ1) is 15.5. The fourth-order valence-corrected chi connectivity index (χ4v) is 3.93. The lowest BCUT2D eigenvalue weighted by Gasteiger charge is -2.46. The monoisotopic (exact) mass is 361 g/mol. The molecule has 1 amide bonds. The summed E-state index contributed by atoms with van der Waals surface area (Å²) in [5.41, 5.74) is -0.476. The molecule has 2 rings (SSSR count). The molecule has 0 bridgehead atoms. The minimum Gasteiger partial charge on any atom is -0.479 e. The van der Waals surface area contributed by atoms with E-state index in [1.54, 1.807) is 4.90 Å². The molecule has 110 valence electrons. The van der Waals surface area contributed by atoms with Gasteiger partial charge < -0.3 is 14.7 Å². The molecule has 2 atom stereocenters. The summed E-state index contributed by atoms with van der Waals surface area (Å²) in [7, 11) is 0. The molecule has 0 aromatic carbocycles. The van der Waals surface area contributed by atoms with E-state index in [-0.39, 0.29) is 12.5 Å². The summed E-state index contributed by atoms with van der Waals surface area (Å²) in [6.07, 6.45) is -1.04. The standard InChI is InChI=1S/C13H16BrNO4S/c1-13(2,3)15-9(16)5-19-11(12(17)18)10(15)8-4-7(14)6-20-8/h4,6,10-11H,5H2,1-3H3,(H,17,18). The van der Waals surface area contributed by atoms with E-state index in [1.807, 2.05) is 32.2 Å². The minimum absolute atomic E-state index is 0.190. The van der Waals surface area contributed by atoms with Crippen LogP contribution in [0.25, 0.3) is 0 Å². The van der Waals surface area contributed by atoms with Crippen molar-refractivity contribution in [2.24, 2.45) is 0 Å². The van der Waals surface area contributed by atoms with Gasteiger partial charge in [-0.3, -0.25) is 4.79 Å². The first-order chi connectivity index (χ1) is 9.21. The molecule has 1 aromatic heterocycles. The summed E-state index contributed by atoms with van der Waals surface area (Å²) < 4.78 is 6.12. The van der Waals surface area contributed by atoms with E-state index in [2.05, 4.69) is 15.9 Å². The second-order valence-electron chi connectivity index (χ2n) is 5.62. The zero-order valence-corrected chi connectivity index (χ0v) is 13.8. The topological polar surface area (TPSA) is 66.8 Å². The van der Waals surface area contributed by atoms with Crippen LogP contribution in [0.15, 0.2) is 15.9 Å². The summed E-state index contributed by atoms with van der Waals surface area (Å²) in [6, 6.07) is 1.23. The third-order valence-corrected chi connectivity index (χ3v) is 4.83. The van der Waals surface area contributed by atoms with Crippen molar-refractivity contribution in [3.8, 4) is 0 Å². The molecule has 5 nitrogen and oxygen atoms in total. The molecule has 1 aliphatic rings. The molecule has 0 radical (unpaired) electrons. The van der Waals surface area contributed by atoms with E-state index in [0.29, 0.717) is 0 Å². The smallest absolute Gasteiger partial charge is 0.335 e. The lowest BCUT2D eigenvalue weighted by Crippen LogP contribution is -2.58. The van der Waals surface area contributed by atoms with Crippen LogP contribution in [0.2, 0.25) is 0 Å². The van der Waals surface area contributed by atoms with Gasteiger partial charge in [0.1, 0.15) is 12.6 Å². The maximum absolute atomic E-state index is 12.2. The van der Waals surface area contributed by atoms with Gasteiger partial charge in [-0.15, -0.1) is 11.3 Å². The number of morpholine rings is 1. The van der Waals surface area contributed by atoms with Gasteiger partial charge in [0.2, 0.25) is 5.91 Å². The number of amides is 1. The molecule has 1 aliphatic heterocycles. The molecular weight excluding hydrogens is 346 g/mol. The van der Waals surface area contributed by atoms with E-state index in [4.69, 9.17) is 4.74 Å². The second kappa shape index (κ2) is 5.46. The largest absolute Gasteiger partial charge is 0.479 e. The van der Waals surface area contributed by atoms with Crippen LogP contribution in [-0.4, -0.2) is 40.1 Å². The third kappa shape index (κ3) is 2.89. The molecule has 1 aromatic rings. The van der Waals surface area contributed by atoms with Gasteiger partial charge in [0, 0.05) is 20.3 Å². The lowest BCUT2D eigenvalue weighted by atomic mass is 9.96. The van der Waals surface area contributed by atoms with E-state index in [9.17, 15) is 14.7 Å². The van der Waals surface area contributed by atoms with Crippen LogP contribution in [0.3, 0.4) is 0 Å². The predicted octanol–water partition coefficient (Wildman–Crippen LogP) is 2.66. The maximum atomic E-state index is 12.2. The Bertz CT molecular complexity index is 537. The molecule has 7 heteroatoms. The van der Waals surface area contributed by atoms with Crippen molar-refractivity contribution in [3.05, 3.63) is 20.8 Å². The van der Waals surface area contributed by atoms with Gasteiger partial charge in [-0.2, -0.15) is 0 Å². The second-order valence-corrected chi connectivity index (χ2v) is 7.48. The highest BCUT2D eigenvalue weighted by Crippen LogP contribution is 2.39. The Morgan fingerprint density at radius 3 is 2.65 bits per heavy atom. The molecule has 1 saturated heterocycles. The number of carbonyl (C=O) groups is 2. The summed E-state index contributed by atoms with van der Waals surface area (Å²) in [4.78, 5) is 26.1. The Balaban J connectivity index is 2.50. The molecule has 0 saturated carbocycles. The Morgan fingerprint density at radius 1 is 1.55 bits per heavy atom. The zero-order valence-electron chi connectivity index (χ0n) is 11.4. The predicted molar refractivity (Wildman–Crippen MR) is 78.7 cm³/mol. The fourth-order valence-electron chi connectivity index (χ4n) is 2.37. The number of carboxylic acids is 1. The SMILES string of the molecule is CC(C)(C)N1C(=O)COC(C(=O)O)C1c1cc(Br)cs1. The van der Waals surface area contributed by atoms with Gasteiger partial charge in [-0.25, -0.2) is 4.79 Å². The van der Waals surface area contributed by atoms with Crippen LogP contribution < -0.4 is 0 Å². The van der Waals surface area contributed by atoms with Crippen LogP contribution >= 0.6 is 27.3 Å². The summed E-state index contributed by atoms with van der Waals surface area (Å²) in [5.74, 6) is -1.24. The number of hydrogen-bond donors (Lipinski definition) is 1. The molecule has 2 heterocycles. The number of aliphatic carboxylic acids is 1. The Hall–Kier alpha value is -0.920. The van der Waals surface area contributed by atoms with Gasteiger partial charge in [-0.1, -0.05) is 0 Å². The summed E-state index contributed by atoms with van der Waals surface area (Å²) in [5, 5.41) is 11.2. The number of nitrogens with zero attached hydrogens (tertiary/aromatic N) is 1. The van der Waals surface area contributed by atoms with Gasteiger partial charge in [-0.05, 0) is 42.8 Å². The first-order valence-electron chi connectivity index (χ1n) is 6.12. The highest BCUT2D eigenvalue weighted by Gasteiger charge is 2.46. The highest BCUT2D eigenvalue weighted by molar-refractivity contribution is 9.10. The van der Waals surface area contributed by atoms with Gasteiger partial charge >= 0.3 is 5.97 Å². The molecule has 20 heavy (non-hydrogen) atoms. The number of ether oxygens (including phenoxy) is 1. The number of carbonyl (C=O) groups excluding carboxylic acids is 1. The first-order valence-corrected chi connectivity index (χ1v) is 7.79. The van der Waals surface area contributed by atoms with Crippen molar-refractivity contribution in [1.82, 2.24) is 4.90 Å². The van der Waals surface area contributed by atoms with Crippen LogP contribution in [0, 0.1) is 0 Å². The van der Waals surface area contributed by atoms with Crippen molar-refractivity contribution in [1.29, 1.82) is 0 Å². The van der Waals surface area contributed by atoms with E-state index < -0.39 is 23.7 Å². The molecule has 2 unspecified atom stereocenters. The number of thiophene rings is 1. The normalized spacial score (nSPS) is 24.0. The molecule has 0 aliphatic carbocycles. The van der Waals surface area contributed by atoms with E-state index >= 15 is 0 Å². The number of carboxylic acid groups (broad SMARTS) is 1. The maximum Gasteiger partial charge on any atom is 0.335 e. The van der Waals surface area contributed by atoms with Gasteiger partial charge in [0.05, 0.1) is 0 Å². The minimum atomic E-state index is -1.05. The summed E-state index contributed by atoms with van der Waals surface area (Å²) in [6.45, 7) is 5.48. The number of rotatable bonds is 2.